The van der Waals surface area contributed by atoms with E-state index in [0.29, 0.717) is 36.9 Å². The molecule has 4 rings (SSSR count). The van der Waals surface area contributed by atoms with Crippen LogP contribution in [0.3, 0.4) is 0 Å². The van der Waals surface area contributed by atoms with Gasteiger partial charge in [-0.05, 0) is 13.8 Å². The van der Waals surface area contributed by atoms with Crippen LogP contribution in [0.15, 0.2) is 50.4 Å². The lowest BCUT2D eigenvalue weighted by Gasteiger charge is -2.33. The molecule has 0 unspecified atom stereocenters. The van der Waals surface area contributed by atoms with Gasteiger partial charge in [-0.1, -0.05) is 35.5 Å². The number of aromatic nitrogens is 2. The zero-order chi connectivity index (χ0) is 22.0. The van der Waals surface area contributed by atoms with E-state index in [1.807, 2.05) is 30.3 Å². The molecule has 2 aromatic heterocycles. The minimum atomic E-state index is -3.69. The summed E-state index contributed by atoms with van der Waals surface area (Å²) in [4.78, 5) is 18.7. The van der Waals surface area contributed by atoms with E-state index < -0.39 is 10.0 Å². The Bertz CT molecular complexity index is 1140. The van der Waals surface area contributed by atoms with E-state index in [1.54, 1.807) is 24.9 Å². The van der Waals surface area contributed by atoms with Gasteiger partial charge in [0, 0.05) is 44.6 Å². The number of benzene rings is 1. The smallest absolute Gasteiger partial charge is 0.248 e. The van der Waals surface area contributed by atoms with E-state index in [1.165, 1.54) is 4.31 Å². The van der Waals surface area contributed by atoms with Crippen LogP contribution < -0.4 is 0 Å². The standard InChI is InChI=1S/C21H24N4O5S/c1-15-21(16(2)30-23-15)31(27,28)25-12-10-24(11-13-25)20(26)9-8-19-22-14-18(29-19)17-6-4-3-5-7-17/h3-7,14H,8-13H2,1-2H3. The Kier molecular flexibility index (Phi) is 5.92. The number of hydrogen-bond donors (Lipinski definition) is 0. The Morgan fingerprint density at radius 3 is 2.45 bits per heavy atom. The number of hydrogen-bond acceptors (Lipinski definition) is 7. The molecule has 0 N–H and O–H groups in total. The second-order valence-electron chi connectivity index (χ2n) is 7.42. The van der Waals surface area contributed by atoms with Gasteiger partial charge < -0.3 is 13.8 Å². The molecule has 0 aliphatic carbocycles. The van der Waals surface area contributed by atoms with Crippen molar-refractivity contribution < 1.29 is 22.2 Å². The summed E-state index contributed by atoms with van der Waals surface area (Å²) in [5.74, 6) is 1.40. The maximum atomic E-state index is 12.9. The molecule has 10 heteroatoms. The first kappa shape index (κ1) is 21.3. The summed E-state index contributed by atoms with van der Waals surface area (Å²) in [7, 11) is -3.69. The molecule has 0 atom stereocenters. The number of rotatable bonds is 6. The molecule has 1 aliphatic rings. The van der Waals surface area contributed by atoms with E-state index >= 15 is 0 Å². The van der Waals surface area contributed by atoms with Crippen LogP contribution >= 0.6 is 0 Å². The van der Waals surface area contributed by atoms with Crippen LogP contribution in [0.1, 0.15) is 23.8 Å². The minimum absolute atomic E-state index is 0.0474. The van der Waals surface area contributed by atoms with Crippen LogP contribution in [-0.2, 0) is 21.2 Å². The van der Waals surface area contributed by atoms with Gasteiger partial charge >= 0.3 is 0 Å². The molecule has 9 nitrogen and oxygen atoms in total. The van der Waals surface area contributed by atoms with Crippen LogP contribution in [-0.4, -0.2) is 59.8 Å². The molecule has 0 spiro atoms. The molecule has 1 saturated heterocycles. The summed E-state index contributed by atoms with van der Waals surface area (Å²) in [6, 6.07) is 9.65. The molecule has 31 heavy (non-hydrogen) atoms. The Balaban J connectivity index is 1.31. The van der Waals surface area contributed by atoms with Gasteiger partial charge in [0.1, 0.15) is 10.6 Å². The second kappa shape index (κ2) is 8.64. The summed E-state index contributed by atoms with van der Waals surface area (Å²) in [6.07, 6.45) is 2.31. The highest BCUT2D eigenvalue weighted by atomic mass is 32.2. The fourth-order valence-electron chi connectivity index (χ4n) is 3.68. The normalized spacial score (nSPS) is 15.4. The van der Waals surface area contributed by atoms with Crippen LogP contribution in [0.25, 0.3) is 11.3 Å². The van der Waals surface area contributed by atoms with Crippen molar-refractivity contribution >= 4 is 15.9 Å². The molecular weight excluding hydrogens is 420 g/mol. The van der Waals surface area contributed by atoms with Crippen molar-refractivity contribution in [2.45, 2.75) is 31.6 Å². The Morgan fingerprint density at radius 2 is 1.81 bits per heavy atom. The first-order valence-corrected chi connectivity index (χ1v) is 11.5. The summed E-state index contributed by atoms with van der Waals surface area (Å²) < 4.78 is 37.9. The quantitative estimate of drug-likeness (QED) is 0.574. The SMILES string of the molecule is Cc1noc(C)c1S(=O)(=O)N1CCN(C(=O)CCc2ncc(-c3ccccc3)o2)CC1. The third kappa shape index (κ3) is 4.40. The van der Waals surface area contributed by atoms with Crippen molar-refractivity contribution in [1.29, 1.82) is 0 Å². The van der Waals surface area contributed by atoms with E-state index in [-0.39, 0.29) is 36.1 Å². The zero-order valence-corrected chi connectivity index (χ0v) is 18.3. The predicted octanol–water partition coefficient (Wildman–Crippen LogP) is 2.41. The molecule has 1 aromatic carbocycles. The first-order chi connectivity index (χ1) is 14.9. The van der Waals surface area contributed by atoms with Gasteiger partial charge in [0.25, 0.3) is 0 Å². The van der Waals surface area contributed by atoms with Crippen molar-refractivity contribution in [2.75, 3.05) is 26.2 Å². The van der Waals surface area contributed by atoms with Crippen molar-refractivity contribution in [3.63, 3.8) is 0 Å². The van der Waals surface area contributed by atoms with Crippen molar-refractivity contribution in [3.8, 4) is 11.3 Å². The summed E-state index contributed by atoms with van der Waals surface area (Å²) in [5, 5.41) is 3.73. The lowest BCUT2D eigenvalue weighted by molar-refractivity contribution is -0.132. The van der Waals surface area contributed by atoms with Gasteiger partial charge in [0.2, 0.25) is 15.9 Å². The monoisotopic (exact) mass is 444 g/mol. The number of sulfonamides is 1. The lowest BCUT2D eigenvalue weighted by Crippen LogP contribution is -2.50. The van der Waals surface area contributed by atoms with Crippen LogP contribution in [0.5, 0.6) is 0 Å². The van der Waals surface area contributed by atoms with Crippen LogP contribution in [0.2, 0.25) is 0 Å². The highest BCUT2D eigenvalue weighted by molar-refractivity contribution is 7.89. The fourth-order valence-corrected chi connectivity index (χ4v) is 5.40. The molecule has 0 bridgehead atoms. The Hall–Kier alpha value is -2.98. The van der Waals surface area contributed by atoms with Gasteiger partial charge in [0.15, 0.2) is 17.4 Å². The van der Waals surface area contributed by atoms with Crippen molar-refractivity contribution in [3.05, 3.63) is 53.9 Å². The topological polar surface area (TPSA) is 110 Å². The largest absolute Gasteiger partial charge is 0.441 e. The molecule has 0 radical (unpaired) electrons. The second-order valence-corrected chi connectivity index (χ2v) is 9.30. The van der Waals surface area contributed by atoms with Gasteiger partial charge in [-0.25, -0.2) is 13.4 Å². The summed E-state index contributed by atoms with van der Waals surface area (Å²) in [5.41, 5.74) is 1.28. The molecule has 1 fully saturated rings. The van der Waals surface area contributed by atoms with E-state index in [0.717, 1.165) is 5.56 Å². The van der Waals surface area contributed by atoms with Gasteiger partial charge in [-0.2, -0.15) is 4.31 Å². The number of oxazole rings is 1. The third-order valence-electron chi connectivity index (χ3n) is 5.32. The molecule has 3 heterocycles. The highest BCUT2D eigenvalue weighted by Crippen LogP contribution is 2.24. The minimum Gasteiger partial charge on any atom is -0.441 e. The van der Waals surface area contributed by atoms with Crippen LogP contribution in [0.4, 0.5) is 0 Å². The van der Waals surface area contributed by atoms with E-state index in [2.05, 4.69) is 10.1 Å². The van der Waals surface area contributed by atoms with Gasteiger partial charge in [0.05, 0.1) is 6.20 Å². The summed E-state index contributed by atoms with van der Waals surface area (Å²) >= 11 is 0. The van der Waals surface area contributed by atoms with Gasteiger partial charge in [-0.15, -0.1) is 0 Å². The van der Waals surface area contributed by atoms with Crippen molar-refractivity contribution in [2.24, 2.45) is 0 Å². The third-order valence-corrected chi connectivity index (χ3v) is 7.47. The molecule has 164 valence electrons. The Labute approximate surface area is 180 Å². The molecule has 1 aliphatic heterocycles. The zero-order valence-electron chi connectivity index (χ0n) is 17.4. The Morgan fingerprint density at radius 1 is 1.10 bits per heavy atom. The lowest BCUT2D eigenvalue weighted by atomic mass is 10.2. The van der Waals surface area contributed by atoms with Gasteiger partial charge in [-0.3, -0.25) is 4.79 Å². The number of piperazine rings is 1. The average Bonchev–Trinajstić information content (AvgIpc) is 3.39. The van der Waals surface area contributed by atoms with Crippen LogP contribution in [0, 0.1) is 13.8 Å². The number of carbonyl (C=O) groups excluding carboxylic acids is 1. The fraction of sp³-hybridized carbons (Fsp3) is 0.381. The number of aryl methyl sites for hydroxylation is 3. The average molecular weight is 445 g/mol. The molecular formula is C21H24N4O5S. The predicted molar refractivity (Wildman–Crippen MR) is 112 cm³/mol. The highest BCUT2D eigenvalue weighted by Gasteiger charge is 2.34. The number of nitrogens with zero attached hydrogens (tertiary/aromatic N) is 4. The van der Waals surface area contributed by atoms with E-state index in [9.17, 15) is 13.2 Å². The molecule has 0 saturated carbocycles. The molecule has 3 aromatic rings. The summed E-state index contributed by atoms with van der Waals surface area (Å²) in [6.45, 7) is 4.32. The molecule has 1 amide bonds. The number of amides is 1. The number of carbonyl (C=O) groups is 1. The van der Waals surface area contributed by atoms with Crippen molar-refractivity contribution in [1.82, 2.24) is 19.3 Å². The van der Waals surface area contributed by atoms with E-state index in [4.69, 9.17) is 8.94 Å². The maximum absolute atomic E-state index is 12.9. The maximum Gasteiger partial charge on any atom is 0.248 e. The first-order valence-electron chi connectivity index (χ1n) is 10.1.